The molecule has 0 saturated carbocycles. The van der Waals surface area contributed by atoms with Crippen molar-refractivity contribution in [3.63, 3.8) is 0 Å². The lowest BCUT2D eigenvalue weighted by Crippen LogP contribution is -2.36. The summed E-state index contributed by atoms with van der Waals surface area (Å²) in [6.45, 7) is 14.7. The molecule has 1 fully saturated rings. The largest absolute Gasteiger partial charge is 0.303 e. The van der Waals surface area contributed by atoms with Crippen LogP contribution in [-0.4, -0.2) is 24.5 Å². The zero-order valence-electron chi connectivity index (χ0n) is 19.0. The first-order chi connectivity index (χ1) is 14.1. The van der Waals surface area contributed by atoms with Crippen molar-refractivity contribution in [3.05, 3.63) is 71.3 Å². The third-order valence-electron chi connectivity index (χ3n) is 7.00. The number of allylic oxidation sites excluding steroid dienone is 5. The molecular weight excluding hydrogens is 350 g/mol. The first kappa shape index (κ1) is 22.1. The molecule has 1 nitrogen and oxygen atoms in total. The van der Waals surface area contributed by atoms with E-state index in [1.807, 2.05) is 0 Å². The lowest BCUT2D eigenvalue weighted by atomic mass is 9.74. The van der Waals surface area contributed by atoms with Gasteiger partial charge in [0.25, 0.3) is 0 Å². The second-order valence-electron chi connectivity index (χ2n) is 9.40. The molecule has 0 N–H and O–H groups in total. The van der Waals surface area contributed by atoms with Crippen molar-refractivity contribution in [2.75, 3.05) is 19.6 Å². The lowest BCUT2D eigenvalue weighted by Gasteiger charge is -2.37. The van der Waals surface area contributed by atoms with Crippen LogP contribution in [0.5, 0.6) is 0 Å². The lowest BCUT2D eigenvalue weighted by molar-refractivity contribution is 0.172. The molecule has 0 spiro atoms. The van der Waals surface area contributed by atoms with E-state index >= 15 is 0 Å². The third kappa shape index (κ3) is 6.44. The second kappa shape index (κ2) is 11.0. The van der Waals surface area contributed by atoms with Crippen molar-refractivity contribution in [2.45, 2.75) is 71.6 Å². The summed E-state index contributed by atoms with van der Waals surface area (Å²) in [4.78, 5) is 2.70. The van der Waals surface area contributed by atoms with Gasteiger partial charge >= 0.3 is 0 Å². The maximum absolute atomic E-state index is 4.15. The Kier molecular flexibility index (Phi) is 8.36. The molecule has 0 bridgehead atoms. The van der Waals surface area contributed by atoms with Gasteiger partial charge in [-0.1, -0.05) is 74.1 Å². The van der Waals surface area contributed by atoms with Crippen molar-refractivity contribution in [2.24, 2.45) is 11.8 Å². The van der Waals surface area contributed by atoms with Crippen LogP contribution in [-0.2, 0) is 0 Å². The van der Waals surface area contributed by atoms with Crippen LogP contribution in [0.2, 0.25) is 0 Å². The Bertz CT molecular complexity index is 700. The first-order valence-electron chi connectivity index (χ1n) is 11.9. The van der Waals surface area contributed by atoms with Crippen molar-refractivity contribution >= 4 is 0 Å². The SMILES string of the molecule is C=C(CC)CCCCN1CCC([C@H](C2=CCC(C)C=C2)c2ccc(C)cc2)CC1. The maximum atomic E-state index is 4.15. The number of rotatable bonds is 9. The Hall–Kier alpha value is -1.60. The zero-order valence-corrected chi connectivity index (χ0v) is 19.0. The van der Waals surface area contributed by atoms with E-state index in [-0.39, 0.29) is 0 Å². The Morgan fingerprint density at radius 3 is 2.48 bits per heavy atom. The normalized spacial score (nSPS) is 21.8. The predicted molar refractivity (Wildman–Crippen MR) is 127 cm³/mol. The van der Waals surface area contributed by atoms with Crippen LogP contribution in [0.25, 0.3) is 0 Å². The molecule has 1 aromatic carbocycles. The molecule has 1 aromatic rings. The van der Waals surface area contributed by atoms with Crippen molar-refractivity contribution < 1.29 is 0 Å². The van der Waals surface area contributed by atoms with Gasteiger partial charge in [0.1, 0.15) is 0 Å². The Morgan fingerprint density at radius 1 is 1.14 bits per heavy atom. The molecular formula is C28H41N. The van der Waals surface area contributed by atoms with Gasteiger partial charge in [-0.25, -0.2) is 0 Å². The number of hydrogen-bond donors (Lipinski definition) is 0. The molecule has 0 amide bonds. The van der Waals surface area contributed by atoms with E-state index in [0.717, 1.165) is 12.3 Å². The average Bonchev–Trinajstić information content (AvgIpc) is 2.75. The van der Waals surface area contributed by atoms with Gasteiger partial charge in [-0.05, 0) is 94.5 Å². The van der Waals surface area contributed by atoms with Crippen LogP contribution in [0.4, 0.5) is 0 Å². The number of likely N-dealkylation sites (tertiary alicyclic amines) is 1. The highest BCUT2D eigenvalue weighted by atomic mass is 15.1. The molecule has 0 radical (unpaired) electrons. The fourth-order valence-corrected chi connectivity index (χ4v) is 4.88. The van der Waals surface area contributed by atoms with Gasteiger partial charge in [0.2, 0.25) is 0 Å². The summed E-state index contributed by atoms with van der Waals surface area (Å²) < 4.78 is 0. The average molecular weight is 392 g/mol. The first-order valence-corrected chi connectivity index (χ1v) is 11.9. The number of aryl methyl sites for hydroxylation is 1. The van der Waals surface area contributed by atoms with Gasteiger partial charge in [0, 0.05) is 5.92 Å². The summed E-state index contributed by atoms with van der Waals surface area (Å²) in [5.74, 6) is 2.01. The molecule has 1 saturated heterocycles. The molecule has 0 aromatic heterocycles. The van der Waals surface area contributed by atoms with Crippen molar-refractivity contribution in [1.82, 2.24) is 4.90 Å². The molecule has 158 valence electrons. The molecule has 1 unspecified atom stereocenters. The van der Waals surface area contributed by atoms with Crippen LogP contribution in [0.3, 0.4) is 0 Å². The van der Waals surface area contributed by atoms with E-state index in [1.54, 1.807) is 5.57 Å². The third-order valence-corrected chi connectivity index (χ3v) is 7.00. The maximum Gasteiger partial charge on any atom is 0.0115 e. The fraction of sp³-hybridized carbons (Fsp3) is 0.571. The zero-order chi connectivity index (χ0) is 20.6. The van der Waals surface area contributed by atoms with Gasteiger partial charge in [0.15, 0.2) is 0 Å². The van der Waals surface area contributed by atoms with E-state index in [9.17, 15) is 0 Å². The summed E-state index contributed by atoms with van der Waals surface area (Å²) in [5.41, 5.74) is 5.84. The molecule has 2 aliphatic rings. The highest BCUT2D eigenvalue weighted by Gasteiger charge is 2.30. The van der Waals surface area contributed by atoms with Gasteiger partial charge < -0.3 is 4.90 Å². The summed E-state index contributed by atoms with van der Waals surface area (Å²) in [6, 6.07) is 9.33. The predicted octanol–water partition coefficient (Wildman–Crippen LogP) is 7.45. The Balaban J connectivity index is 1.59. The Labute approximate surface area is 179 Å². The van der Waals surface area contributed by atoms with Crippen LogP contribution < -0.4 is 0 Å². The highest BCUT2D eigenvalue weighted by Crippen LogP contribution is 2.40. The van der Waals surface area contributed by atoms with Crippen LogP contribution in [0, 0.1) is 18.8 Å². The van der Waals surface area contributed by atoms with Gasteiger partial charge in [-0.2, -0.15) is 0 Å². The molecule has 1 aliphatic carbocycles. The van der Waals surface area contributed by atoms with E-state index in [4.69, 9.17) is 0 Å². The molecule has 1 heteroatoms. The van der Waals surface area contributed by atoms with Crippen LogP contribution >= 0.6 is 0 Å². The van der Waals surface area contributed by atoms with E-state index in [1.165, 1.54) is 74.9 Å². The van der Waals surface area contributed by atoms with Gasteiger partial charge in [-0.3, -0.25) is 0 Å². The number of nitrogens with zero attached hydrogens (tertiary/aromatic N) is 1. The van der Waals surface area contributed by atoms with E-state index in [2.05, 4.69) is 74.7 Å². The monoisotopic (exact) mass is 391 g/mol. The number of hydrogen-bond acceptors (Lipinski definition) is 1. The van der Waals surface area contributed by atoms with Gasteiger partial charge in [-0.15, -0.1) is 0 Å². The second-order valence-corrected chi connectivity index (χ2v) is 9.40. The topological polar surface area (TPSA) is 3.24 Å². The minimum absolute atomic E-state index is 0.564. The van der Waals surface area contributed by atoms with Crippen molar-refractivity contribution in [1.29, 1.82) is 0 Å². The van der Waals surface area contributed by atoms with Crippen LogP contribution in [0.1, 0.15) is 75.8 Å². The van der Waals surface area contributed by atoms with E-state index < -0.39 is 0 Å². The molecule has 1 heterocycles. The Morgan fingerprint density at radius 2 is 1.86 bits per heavy atom. The van der Waals surface area contributed by atoms with Gasteiger partial charge in [0.05, 0.1) is 0 Å². The minimum atomic E-state index is 0.564. The molecule has 1 aliphatic heterocycles. The summed E-state index contributed by atoms with van der Waals surface area (Å²) in [7, 11) is 0. The summed E-state index contributed by atoms with van der Waals surface area (Å²) >= 11 is 0. The van der Waals surface area contributed by atoms with Crippen LogP contribution in [0.15, 0.2) is 60.2 Å². The number of benzene rings is 1. The van der Waals surface area contributed by atoms with Crippen molar-refractivity contribution in [3.8, 4) is 0 Å². The smallest absolute Gasteiger partial charge is 0.0115 e. The summed E-state index contributed by atoms with van der Waals surface area (Å²) in [6.07, 6.45) is 16.1. The highest BCUT2D eigenvalue weighted by molar-refractivity contribution is 5.39. The number of piperidine rings is 1. The molecule has 2 atom stereocenters. The fourth-order valence-electron chi connectivity index (χ4n) is 4.88. The minimum Gasteiger partial charge on any atom is -0.303 e. The number of unbranched alkanes of at least 4 members (excludes halogenated alkanes) is 1. The standard InChI is InChI=1S/C28H41N/c1-5-22(2)8-6-7-19-29-20-17-27(18-21-29)28(25-13-9-23(3)10-14-25)26-15-11-24(4)12-16-26/h9-11,13-16,24,27-28H,2,5-8,12,17-21H2,1,3-4H3/t24?,28-/m0/s1. The quantitative estimate of drug-likeness (QED) is 0.312. The van der Waals surface area contributed by atoms with E-state index in [0.29, 0.717) is 11.8 Å². The summed E-state index contributed by atoms with van der Waals surface area (Å²) in [5, 5.41) is 0. The molecule has 3 rings (SSSR count). The molecule has 29 heavy (non-hydrogen) atoms.